The van der Waals surface area contributed by atoms with E-state index in [1.165, 1.54) is 0 Å². The number of hydrogen-bond acceptors (Lipinski definition) is 4. The normalized spacial score (nSPS) is 36.8. The molecule has 2 aliphatic heterocycles. The molecule has 2 bridgehead atoms. The van der Waals surface area contributed by atoms with Gasteiger partial charge in [-0.3, -0.25) is 0 Å². The molecule has 0 spiro atoms. The molecule has 2 saturated heterocycles. The van der Waals surface area contributed by atoms with Crippen LogP contribution in [0.4, 0.5) is 0 Å². The smallest absolute Gasteiger partial charge is 0.0950 e. The van der Waals surface area contributed by atoms with Crippen LogP contribution in [0.2, 0.25) is 0 Å². The quantitative estimate of drug-likeness (QED) is 0.732. The maximum Gasteiger partial charge on any atom is 0.0950 e. The fourth-order valence-electron chi connectivity index (χ4n) is 3.40. The summed E-state index contributed by atoms with van der Waals surface area (Å²) in [5.74, 6) is 0. The lowest BCUT2D eigenvalue weighted by Gasteiger charge is -2.40. The van der Waals surface area contributed by atoms with E-state index in [9.17, 15) is 5.11 Å². The van der Waals surface area contributed by atoms with Crippen molar-refractivity contribution < 1.29 is 5.11 Å². The van der Waals surface area contributed by atoms with Gasteiger partial charge in [0.25, 0.3) is 0 Å². The molecular weight excluding hydrogens is 228 g/mol. The number of aliphatic hydroxyl groups is 1. The highest BCUT2D eigenvalue weighted by molar-refractivity contribution is 5.14. The zero-order valence-electron chi connectivity index (χ0n) is 10.8. The van der Waals surface area contributed by atoms with Crippen molar-refractivity contribution in [1.29, 1.82) is 0 Å². The van der Waals surface area contributed by atoms with Crippen LogP contribution < -0.4 is 11.1 Å². The van der Waals surface area contributed by atoms with Crippen molar-refractivity contribution in [1.82, 2.24) is 14.9 Å². The summed E-state index contributed by atoms with van der Waals surface area (Å²) >= 11 is 0. The van der Waals surface area contributed by atoms with Gasteiger partial charge in [-0.25, -0.2) is 4.98 Å². The average molecular weight is 250 g/mol. The van der Waals surface area contributed by atoms with Crippen molar-refractivity contribution in [2.45, 2.75) is 62.9 Å². The lowest BCUT2D eigenvalue weighted by Crippen LogP contribution is -2.53. The van der Waals surface area contributed by atoms with E-state index in [-0.39, 0.29) is 6.04 Å². The molecule has 0 aromatic carbocycles. The largest absolute Gasteiger partial charge is 0.388 e. The number of nitrogens with zero attached hydrogens (tertiary/aromatic N) is 2. The molecule has 0 radical (unpaired) electrons. The topological polar surface area (TPSA) is 76.1 Å². The van der Waals surface area contributed by atoms with Gasteiger partial charge in [-0.1, -0.05) is 0 Å². The molecule has 3 unspecified atom stereocenters. The first-order chi connectivity index (χ1) is 8.60. The Labute approximate surface area is 107 Å². The summed E-state index contributed by atoms with van der Waals surface area (Å²) in [5.41, 5.74) is 6.28. The van der Waals surface area contributed by atoms with Gasteiger partial charge in [-0.05, 0) is 32.6 Å². The van der Waals surface area contributed by atoms with Crippen LogP contribution in [0.15, 0.2) is 12.5 Å². The third kappa shape index (κ3) is 1.96. The fourth-order valence-corrected chi connectivity index (χ4v) is 3.40. The summed E-state index contributed by atoms with van der Waals surface area (Å²) < 4.78 is 1.99. The van der Waals surface area contributed by atoms with Crippen LogP contribution >= 0.6 is 0 Å². The van der Waals surface area contributed by atoms with Crippen LogP contribution in [-0.4, -0.2) is 32.3 Å². The highest BCUT2D eigenvalue weighted by atomic mass is 16.3. The van der Waals surface area contributed by atoms with E-state index in [1.54, 1.807) is 6.33 Å². The lowest BCUT2D eigenvalue weighted by molar-refractivity contribution is -0.0307. The summed E-state index contributed by atoms with van der Waals surface area (Å²) in [6, 6.07) is 0.469. The summed E-state index contributed by atoms with van der Waals surface area (Å²) in [7, 11) is 0. The molecule has 4 N–H and O–H groups in total. The van der Waals surface area contributed by atoms with Crippen molar-refractivity contribution in [3.63, 3.8) is 0 Å². The summed E-state index contributed by atoms with van der Waals surface area (Å²) in [6.07, 6.45) is 7.53. The molecule has 0 aliphatic carbocycles. The van der Waals surface area contributed by atoms with E-state index in [1.807, 2.05) is 10.8 Å². The van der Waals surface area contributed by atoms with Gasteiger partial charge in [-0.15, -0.1) is 0 Å². The Hall–Kier alpha value is -0.910. The standard InChI is InChI=1S/C13H22N4O/c1-2-17-7-11(15-8-17)12(14)13(18)5-9-3-4-10(6-13)16-9/h7-10,12,16,18H,2-6,14H2,1H3. The second-order valence-corrected chi connectivity index (χ2v) is 5.76. The Balaban J connectivity index is 1.80. The van der Waals surface area contributed by atoms with Crippen LogP contribution in [0.5, 0.6) is 0 Å². The van der Waals surface area contributed by atoms with E-state index in [4.69, 9.17) is 5.73 Å². The predicted octanol–water partition coefficient (Wildman–Crippen LogP) is 0.548. The molecule has 3 atom stereocenters. The minimum atomic E-state index is -0.802. The van der Waals surface area contributed by atoms with Gasteiger partial charge in [0.05, 0.1) is 23.7 Å². The first-order valence-corrected chi connectivity index (χ1v) is 6.86. The number of rotatable bonds is 3. The van der Waals surface area contributed by atoms with Gasteiger partial charge >= 0.3 is 0 Å². The molecular formula is C13H22N4O. The SMILES string of the molecule is CCn1cnc(C(N)C2(O)CC3CCC(C2)N3)c1. The number of hydrogen-bond donors (Lipinski definition) is 3. The number of fused-ring (bicyclic) bond motifs is 2. The molecule has 18 heavy (non-hydrogen) atoms. The Morgan fingerprint density at radius 3 is 2.78 bits per heavy atom. The zero-order chi connectivity index (χ0) is 12.8. The van der Waals surface area contributed by atoms with Crippen LogP contribution in [-0.2, 0) is 6.54 Å². The minimum Gasteiger partial charge on any atom is -0.388 e. The third-order valence-electron chi connectivity index (χ3n) is 4.45. The Kier molecular flexibility index (Phi) is 2.92. The number of nitrogens with two attached hydrogens (primary N) is 1. The van der Waals surface area contributed by atoms with Crippen LogP contribution in [0, 0.1) is 0 Å². The van der Waals surface area contributed by atoms with Gasteiger partial charge in [0.15, 0.2) is 0 Å². The lowest BCUT2D eigenvalue weighted by atomic mass is 9.80. The van der Waals surface area contributed by atoms with Crippen LogP contribution in [0.25, 0.3) is 0 Å². The minimum absolute atomic E-state index is 0.379. The summed E-state index contributed by atoms with van der Waals surface area (Å²) in [4.78, 5) is 4.34. The molecule has 3 rings (SSSR count). The Morgan fingerprint density at radius 1 is 1.56 bits per heavy atom. The van der Waals surface area contributed by atoms with Crippen molar-refractivity contribution in [3.8, 4) is 0 Å². The maximum atomic E-state index is 10.8. The van der Waals surface area contributed by atoms with E-state index in [0.717, 1.165) is 37.9 Å². The number of piperidine rings is 1. The van der Waals surface area contributed by atoms with Gasteiger partial charge < -0.3 is 20.7 Å². The number of nitrogens with one attached hydrogen (secondary N) is 1. The van der Waals surface area contributed by atoms with E-state index in [0.29, 0.717) is 12.1 Å². The van der Waals surface area contributed by atoms with Gasteiger partial charge in [0.2, 0.25) is 0 Å². The first-order valence-electron chi connectivity index (χ1n) is 6.86. The summed E-state index contributed by atoms with van der Waals surface area (Å²) in [6.45, 7) is 2.95. The monoisotopic (exact) mass is 250 g/mol. The average Bonchev–Trinajstić information content (AvgIpc) is 2.95. The van der Waals surface area contributed by atoms with E-state index >= 15 is 0 Å². The fraction of sp³-hybridized carbons (Fsp3) is 0.769. The highest BCUT2D eigenvalue weighted by Gasteiger charge is 2.46. The molecule has 1 aromatic heterocycles. The molecule has 100 valence electrons. The maximum absolute atomic E-state index is 10.8. The molecule has 1 aromatic rings. The van der Waals surface area contributed by atoms with Crippen LogP contribution in [0.3, 0.4) is 0 Å². The number of imidazole rings is 1. The van der Waals surface area contributed by atoms with E-state index < -0.39 is 5.60 Å². The zero-order valence-corrected chi connectivity index (χ0v) is 10.8. The van der Waals surface area contributed by atoms with Crippen molar-refractivity contribution in [3.05, 3.63) is 18.2 Å². The number of aryl methyl sites for hydroxylation is 1. The molecule has 0 amide bonds. The molecule has 0 saturated carbocycles. The first kappa shape index (κ1) is 12.1. The van der Waals surface area contributed by atoms with Gasteiger partial charge in [0, 0.05) is 24.8 Å². The van der Waals surface area contributed by atoms with Gasteiger partial charge in [0.1, 0.15) is 0 Å². The highest BCUT2D eigenvalue weighted by Crippen LogP contribution is 2.39. The number of aromatic nitrogens is 2. The van der Waals surface area contributed by atoms with Crippen molar-refractivity contribution in [2.75, 3.05) is 0 Å². The summed E-state index contributed by atoms with van der Waals surface area (Å²) in [5, 5.41) is 14.4. The van der Waals surface area contributed by atoms with Crippen molar-refractivity contribution >= 4 is 0 Å². The molecule has 5 heteroatoms. The van der Waals surface area contributed by atoms with E-state index in [2.05, 4.69) is 17.2 Å². The predicted molar refractivity (Wildman–Crippen MR) is 69.0 cm³/mol. The third-order valence-corrected chi connectivity index (χ3v) is 4.45. The van der Waals surface area contributed by atoms with Gasteiger partial charge in [-0.2, -0.15) is 0 Å². The molecule has 3 heterocycles. The second kappa shape index (κ2) is 4.33. The Morgan fingerprint density at radius 2 is 2.22 bits per heavy atom. The molecule has 5 nitrogen and oxygen atoms in total. The Bertz CT molecular complexity index is 418. The molecule has 2 fully saturated rings. The van der Waals surface area contributed by atoms with Crippen LogP contribution in [0.1, 0.15) is 44.3 Å². The second-order valence-electron chi connectivity index (χ2n) is 5.76. The van der Waals surface area contributed by atoms with Crippen molar-refractivity contribution in [2.24, 2.45) is 5.73 Å². The molecule has 2 aliphatic rings.